The summed E-state index contributed by atoms with van der Waals surface area (Å²) in [5, 5.41) is 0. The zero-order chi connectivity index (χ0) is 71.8. The van der Waals surface area contributed by atoms with Gasteiger partial charge in [0.2, 0.25) is 0 Å². The Morgan fingerprint density at radius 3 is 1.13 bits per heavy atom. The van der Waals surface area contributed by atoms with Crippen LogP contribution in [0.4, 0.5) is 0 Å². The van der Waals surface area contributed by atoms with Crippen LogP contribution in [0, 0.1) is 82.3 Å². The third kappa shape index (κ3) is 19.3. The molecule has 1 atom stereocenters. The van der Waals surface area contributed by atoms with Crippen molar-refractivity contribution in [2.75, 3.05) is 0 Å². The van der Waals surface area contributed by atoms with Gasteiger partial charge in [-0.05, 0) is 333 Å². The Morgan fingerprint density at radius 2 is 0.753 bits per heavy atom. The van der Waals surface area contributed by atoms with Crippen LogP contribution in [0.2, 0.25) is 0 Å². The van der Waals surface area contributed by atoms with Crippen molar-refractivity contribution in [3.05, 3.63) is 72.9 Å². The summed E-state index contributed by atoms with van der Waals surface area (Å²) in [6, 6.07) is 0. The maximum Gasteiger partial charge on any atom is 0.333 e. The van der Waals surface area contributed by atoms with Gasteiger partial charge in [0.15, 0.2) is 0 Å². The average molecular weight is 1350 g/mol. The summed E-state index contributed by atoms with van der Waals surface area (Å²) in [7, 11) is 0. The van der Waals surface area contributed by atoms with Gasteiger partial charge < -0.3 is 28.4 Å². The monoisotopic (exact) mass is 1350 g/mol. The lowest BCUT2D eigenvalue weighted by Crippen LogP contribution is -2.62. The second-order valence-corrected chi connectivity index (χ2v) is 35.3. The first-order valence-electron chi connectivity index (χ1n) is 38.7. The quantitative estimate of drug-likeness (QED) is 0.0772. The molecule has 15 rings (SSSR count). The van der Waals surface area contributed by atoms with E-state index in [1.54, 1.807) is 41.5 Å². The number of carbonyl (C=O) groups excluding carboxylic acids is 6. The maximum absolute atomic E-state index is 12.1. The maximum atomic E-state index is 12.1. The van der Waals surface area contributed by atoms with E-state index in [0.29, 0.717) is 68.9 Å². The van der Waals surface area contributed by atoms with Gasteiger partial charge in [0.25, 0.3) is 0 Å². The van der Waals surface area contributed by atoms with E-state index in [0.717, 1.165) is 80.0 Å². The smallest absolute Gasteiger partial charge is 0.333 e. The fourth-order valence-corrected chi connectivity index (χ4v) is 21.3. The first-order chi connectivity index (χ1) is 45.4. The van der Waals surface area contributed by atoms with Crippen molar-refractivity contribution in [1.29, 1.82) is 0 Å². The van der Waals surface area contributed by atoms with E-state index in [1.165, 1.54) is 167 Å². The predicted octanol–water partition coefficient (Wildman–Crippen LogP) is 20.9. The highest BCUT2D eigenvalue weighted by molar-refractivity contribution is 5.89. The van der Waals surface area contributed by atoms with Crippen LogP contribution >= 0.6 is 0 Å². The lowest BCUT2D eigenvalue weighted by molar-refractivity contribution is -0.221. The molecule has 0 N–H and O–H groups in total. The van der Waals surface area contributed by atoms with Crippen LogP contribution in [0.15, 0.2) is 72.9 Å². The minimum Gasteiger partial charge on any atom is -0.456 e. The molecular weight excluding hydrogens is 1210 g/mol. The second-order valence-electron chi connectivity index (χ2n) is 35.3. The van der Waals surface area contributed by atoms with Gasteiger partial charge in [-0.1, -0.05) is 92.9 Å². The van der Waals surface area contributed by atoms with E-state index in [4.69, 9.17) is 28.4 Å². The van der Waals surface area contributed by atoms with Crippen molar-refractivity contribution in [3.63, 3.8) is 0 Å². The van der Waals surface area contributed by atoms with Crippen LogP contribution in [0.25, 0.3) is 0 Å². The summed E-state index contributed by atoms with van der Waals surface area (Å²) in [4.78, 5) is 70.1. The fraction of sp³-hybridized carbons (Fsp3) is 0.788. The van der Waals surface area contributed by atoms with E-state index in [-0.39, 0.29) is 74.8 Å². The Bertz CT molecular complexity index is 2770. The zero-order valence-electron chi connectivity index (χ0n) is 63.8. The third-order valence-electron chi connectivity index (χ3n) is 26.6. The van der Waals surface area contributed by atoms with Crippen LogP contribution in [-0.2, 0) is 57.2 Å². The Labute approximate surface area is 588 Å². The number of ether oxygens (including phenoxy) is 6. The van der Waals surface area contributed by atoms with Crippen molar-refractivity contribution in [3.8, 4) is 0 Å². The summed E-state index contributed by atoms with van der Waals surface area (Å²) in [6.45, 7) is 51.4. The van der Waals surface area contributed by atoms with Crippen LogP contribution in [0.5, 0.6) is 0 Å². The largest absolute Gasteiger partial charge is 0.456 e. The molecule has 97 heavy (non-hydrogen) atoms. The van der Waals surface area contributed by atoms with Gasteiger partial charge in [0, 0.05) is 38.9 Å². The predicted molar refractivity (Wildman–Crippen MR) is 388 cm³/mol. The van der Waals surface area contributed by atoms with Crippen molar-refractivity contribution < 1.29 is 57.2 Å². The summed E-state index contributed by atoms with van der Waals surface area (Å²) in [6.07, 6.45) is 39.1. The van der Waals surface area contributed by atoms with Crippen molar-refractivity contribution in [2.24, 2.45) is 82.3 Å². The van der Waals surface area contributed by atoms with Crippen molar-refractivity contribution in [2.45, 2.75) is 343 Å². The average Bonchev–Trinajstić information content (AvgIpc) is 0.890. The first-order valence-corrected chi connectivity index (χ1v) is 38.7. The van der Waals surface area contributed by atoms with Gasteiger partial charge in [-0.15, -0.1) is 0 Å². The van der Waals surface area contributed by atoms with Gasteiger partial charge in [-0.2, -0.15) is 0 Å². The van der Waals surface area contributed by atoms with E-state index in [9.17, 15) is 28.8 Å². The summed E-state index contributed by atoms with van der Waals surface area (Å²) in [5.74, 6) is 8.26. The lowest BCUT2D eigenvalue weighted by Gasteiger charge is -2.62. The molecular formula is C85H134O12. The van der Waals surface area contributed by atoms with Gasteiger partial charge in [-0.25, -0.2) is 28.8 Å². The summed E-state index contributed by atoms with van der Waals surface area (Å²) < 4.78 is 34.3. The van der Waals surface area contributed by atoms with E-state index >= 15 is 0 Å². The zero-order valence-corrected chi connectivity index (χ0v) is 63.8. The van der Waals surface area contributed by atoms with Crippen molar-refractivity contribution >= 4 is 35.8 Å². The highest BCUT2D eigenvalue weighted by Gasteiger charge is 2.62. The molecule has 12 bridgehead atoms. The molecule has 15 fully saturated rings. The molecule has 0 radical (unpaired) electrons. The Morgan fingerprint density at radius 1 is 0.412 bits per heavy atom. The highest BCUT2D eigenvalue weighted by Crippen LogP contribution is 2.66. The first kappa shape index (κ1) is 79.6. The second kappa shape index (κ2) is 32.9. The third-order valence-corrected chi connectivity index (χ3v) is 26.6. The summed E-state index contributed by atoms with van der Waals surface area (Å²) >= 11 is 0. The van der Waals surface area contributed by atoms with Crippen LogP contribution in [0.1, 0.15) is 309 Å². The Balaban J connectivity index is 0.000000165. The lowest BCUT2D eigenvalue weighted by atomic mass is 9.45. The molecule has 0 aromatic carbocycles. The number of esters is 6. The number of carbonyl (C=O) groups is 6. The Kier molecular flexibility index (Phi) is 27.0. The van der Waals surface area contributed by atoms with E-state index < -0.39 is 0 Å². The topological polar surface area (TPSA) is 158 Å². The van der Waals surface area contributed by atoms with Gasteiger partial charge in [0.05, 0.1) is 0 Å². The SMILES string of the molecule is C=C(C)C(=O)OC(C)(C)C1CCCCC1.C=C(C)C(=O)OC(C)(CC)C12CC3CC(CC(C3)C1)C2.C=C(C)C(=O)OC1(C(C)C)C2CC3CC(C2)CC1C3.C=C(C)C(=O)OC1(C)C2CC3CC(C2)CC1C3.C=C(C)C(=O)OC1(C)CCCC1.C=C(C)C(=O)OC1(CC)CCCCC1. The molecule has 0 amide bonds. The van der Waals surface area contributed by atoms with E-state index in [2.05, 4.69) is 81.0 Å². The molecule has 1 unspecified atom stereocenters. The molecule has 0 aliphatic heterocycles. The van der Waals surface area contributed by atoms with Crippen LogP contribution in [-0.4, -0.2) is 69.4 Å². The Hall–Kier alpha value is -4.74. The van der Waals surface area contributed by atoms with Gasteiger partial charge >= 0.3 is 35.8 Å². The molecule has 0 heterocycles. The molecule has 15 aliphatic rings. The molecule has 12 nitrogen and oxygen atoms in total. The molecule has 0 spiro atoms. The molecule has 0 aromatic heterocycles. The molecule has 15 aliphatic carbocycles. The number of hydrogen-bond donors (Lipinski definition) is 0. The highest BCUT2D eigenvalue weighted by atomic mass is 16.6. The summed E-state index contributed by atoms with van der Waals surface area (Å²) in [5.41, 5.74) is 1.85. The normalized spacial score (nSPS) is 33.6. The minimum absolute atomic E-state index is 0.179. The van der Waals surface area contributed by atoms with Gasteiger partial charge in [0.1, 0.15) is 33.6 Å². The van der Waals surface area contributed by atoms with Crippen LogP contribution < -0.4 is 0 Å². The van der Waals surface area contributed by atoms with E-state index in [1.807, 2.05) is 20.8 Å². The molecule has 546 valence electrons. The van der Waals surface area contributed by atoms with Gasteiger partial charge in [-0.3, -0.25) is 0 Å². The fourth-order valence-electron chi connectivity index (χ4n) is 21.3. The molecule has 12 heteroatoms. The molecule has 0 aromatic rings. The van der Waals surface area contributed by atoms with Crippen molar-refractivity contribution in [1.82, 2.24) is 0 Å². The van der Waals surface area contributed by atoms with Crippen LogP contribution in [0.3, 0.4) is 0 Å². The minimum atomic E-state index is -0.337. The number of hydrogen-bond acceptors (Lipinski definition) is 12. The molecule has 15 saturated carbocycles. The number of rotatable bonds is 17. The standard InChI is InChI=1S/C18H28O2.C17H26O2.C15H22O2.C13H22O2.C12H20O2.C10H16O2/c1-5-17(4,20-16(19)12(2)3)18-9-13-6-14(10-18)8-15(7-13)11-18;1-10(2)16(18)19-17(11(3)4)14-6-12-5-13(8-14)9-15(17)7-12;1-9(2)14(16)17-15(3)12-5-10-4-11(7-12)8-13(15)6-10;1-10(2)12(14)15-13(3,4)11-8-6-5-7-9-11;1-4-12(8-6-5-7-9-12)14-11(13)10(2)3;1-8(2)9(11)12-10(3)6-4-5-7-10/h13-15H,2,5-11H2,1,3-4H3;11-15H,1,5-9H2,2-4H3;10-13H,1,4-8H2,2-3H3;11H,1,5-9H2,2-4H3;2,4-9H2,1,3H3;1,4-7H2,2-3H3. The molecule has 0 saturated heterocycles.